The van der Waals surface area contributed by atoms with E-state index in [0.717, 1.165) is 32.5 Å². The summed E-state index contributed by atoms with van der Waals surface area (Å²) < 4.78 is 0. The van der Waals surface area contributed by atoms with Gasteiger partial charge < -0.3 is 5.11 Å². The Bertz CT molecular complexity index is 330. The van der Waals surface area contributed by atoms with Crippen molar-refractivity contribution in [3.05, 3.63) is 23.3 Å². The second-order valence-electron chi connectivity index (χ2n) is 4.19. The van der Waals surface area contributed by atoms with Gasteiger partial charge in [-0.25, -0.2) is 4.79 Å². The summed E-state index contributed by atoms with van der Waals surface area (Å²) >= 11 is 2.00. The summed E-state index contributed by atoms with van der Waals surface area (Å²) in [6, 6.07) is 0. The molecule has 88 valence electrons. The zero-order chi connectivity index (χ0) is 11.4. The molecule has 16 heavy (non-hydrogen) atoms. The molecule has 1 saturated heterocycles. The molecule has 1 fully saturated rings. The Kier molecular flexibility index (Phi) is 4.07. The van der Waals surface area contributed by atoms with Gasteiger partial charge in [-0.05, 0) is 18.9 Å². The van der Waals surface area contributed by atoms with Gasteiger partial charge in [-0.3, -0.25) is 4.90 Å². The van der Waals surface area contributed by atoms with Crippen molar-refractivity contribution in [2.45, 2.75) is 12.8 Å². The minimum absolute atomic E-state index is 0.465. The highest BCUT2D eigenvalue weighted by atomic mass is 32.2. The van der Waals surface area contributed by atoms with Gasteiger partial charge in [0.1, 0.15) is 0 Å². The van der Waals surface area contributed by atoms with E-state index in [2.05, 4.69) is 4.90 Å². The number of carboxylic acids is 1. The first-order valence-corrected chi connectivity index (χ1v) is 6.84. The van der Waals surface area contributed by atoms with Crippen LogP contribution in [0.3, 0.4) is 0 Å². The highest BCUT2D eigenvalue weighted by molar-refractivity contribution is 7.99. The van der Waals surface area contributed by atoms with E-state index in [1.54, 1.807) is 0 Å². The Morgan fingerprint density at radius 3 is 2.88 bits per heavy atom. The van der Waals surface area contributed by atoms with Crippen molar-refractivity contribution in [3.8, 4) is 0 Å². The first-order valence-electron chi connectivity index (χ1n) is 5.69. The zero-order valence-corrected chi connectivity index (χ0v) is 10.1. The zero-order valence-electron chi connectivity index (χ0n) is 9.32. The van der Waals surface area contributed by atoms with Crippen LogP contribution in [-0.4, -0.2) is 47.1 Å². The van der Waals surface area contributed by atoms with Crippen LogP contribution in [0, 0.1) is 0 Å². The number of carbonyl (C=O) groups is 1. The van der Waals surface area contributed by atoms with Gasteiger partial charge in [0.05, 0.1) is 5.57 Å². The topological polar surface area (TPSA) is 40.5 Å². The van der Waals surface area contributed by atoms with Crippen LogP contribution in [0.15, 0.2) is 23.3 Å². The molecule has 0 saturated carbocycles. The number of aliphatic carboxylic acids is 1. The van der Waals surface area contributed by atoms with Crippen LogP contribution in [0.2, 0.25) is 0 Å². The standard InChI is InChI=1S/C12H17NO2S/c14-12(15)11-3-1-2-10(8-11)9-13-4-6-16-7-5-13/h3,8H,1-2,4-7,9H2,(H,14,15). The summed E-state index contributed by atoms with van der Waals surface area (Å²) in [7, 11) is 0. The van der Waals surface area contributed by atoms with Gasteiger partial charge in [0.25, 0.3) is 0 Å². The lowest BCUT2D eigenvalue weighted by atomic mass is 9.99. The van der Waals surface area contributed by atoms with Gasteiger partial charge in [-0.1, -0.05) is 11.6 Å². The average Bonchev–Trinajstić information content (AvgIpc) is 2.30. The van der Waals surface area contributed by atoms with Crippen LogP contribution < -0.4 is 0 Å². The van der Waals surface area contributed by atoms with Crippen molar-refractivity contribution in [2.75, 3.05) is 31.1 Å². The maximum absolute atomic E-state index is 10.9. The third-order valence-electron chi connectivity index (χ3n) is 2.97. The molecule has 0 radical (unpaired) electrons. The van der Waals surface area contributed by atoms with Crippen molar-refractivity contribution in [2.24, 2.45) is 0 Å². The van der Waals surface area contributed by atoms with Crippen LogP contribution >= 0.6 is 11.8 Å². The third-order valence-corrected chi connectivity index (χ3v) is 3.91. The van der Waals surface area contributed by atoms with E-state index in [4.69, 9.17) is 5.11 Å². The van der Waals surface area contributed by atoms with Gasteiger partial charge in [-0.2, -0.15) is 11.8 Å². The predicted octanol–water partition coefficient (Wildman–Crippen LogP) is 1.77. The second kappa shape index (κ2) is 5.55. The van der Waals surface area contributed by atoms with Gasteiger partial charge >= 0.3 is 5.97 Å². The molecule has 1 heterocycles. The minimum atomic E-state index is -0.800. The summed E-state index contributed by atoms with van der Waals surface area (Å²) in [4.78, 5) is 13.3. The van der Waals surface area contributed by atoms with E-state index < -0.39 is 5.97 Å². The molecule has 0 bridgehead atoms. The normalized spacial score (nSPS) is 22.5. The van der Waals surface area contributed by atoms with Crippen molar-refractivity contribution in [1.82, 2.24) is 4.90 Å². The third kappa shape index (κ3) is 3.12. The van der Waals surface area contributed by atoms with Gasteiger partial charge in [-0.15, -0.1) is 0 Å². The highest BCUT2D eigenvalue weighted by Crippen LogP contribution is 2.20. The molecular weight excluding hydrogens is 222 g/mol. The van der Waals surface area contributed by atoms with Crippen molar-refractivity contribution < 1.29 is 9.90 Å². The predicted molar refractivity (Wildman–Crippen MR) is 66.8 cm³/mol. The molecule has 0 amide bonds. The molecule has 0 unspecified atom stereocenters. The van der Waals surface area contributed by atoms with E-state index in [1.807, 2.05) is 23.9 Å². The van der Waals surface area contributed by atoms with E-state index in [1.165, 1.54) is 17.1 Å². The lowest BCUT2D eigenvalue weighted by molar-refractivity contribution is -0.132. The number of hydrogen-bond donors (Lipinski definition) is 1. The maximum Gasteiger partial charge on any atom is 0.335 e. The van der Waals surface area contributed by atoms with Crippen molar-refractivity contribution >= 4 is 17.7 Å². The number of thioether (sulfide) groups is 1. The van der Waals surface area contributed by atoms with Gasteiger partial charge in [0, 0.05) is 31.1 Å². The summed E-state index contributed by atoms with van der Waals surface area (Å²) in [6.45, 7) is 3.22. The van der Waals surface area contributed by atoms with Crippen molar-refractivity contribution in [1.29, 1.82) is 0 Å². The highest BCUT2D eigenvalue weighted by Gasteiger charge is 2.15. The second-order valence-corrected chi connectivity index (χ2v) is 5.42. The molecule has 1 aliphatic heterocycles. The Morgan fingerprint density at radius 1 is 1.44 bits per heavy atom. The Balaban J connectivity index is 1.94. The molecule has 0 aromatic carbocycles. The minimum Gasteiger partial charge on any atom is -0.478 e. The Hall–Kier alpha value is -0.740. The summed E-state index contributed by atoms with van der Waals surface area (Å²) in [5.41, 5.74) is 1.74. The summed E-state index contributed by atoms with van der Waals surface area (Å²) in [6.07, 6.45) is 5.56. The molecule has 0 aromatic rings. The van der Waals surface area contributed by atoms with Crippen LogP contribution in [-0.2, 0) is 4.79 Å². The summed E-state index contributed by atoms with van der Waals surface area (Å²) in [5, 5.41) is 8.93. The lowest BCUT2D eigenvalue weighted by Crippen LogP contribution is -2.34. The average molecular weight is 239 g/mol. The fraction of sp³-hybridized carbons (Fsp3) is 0.583. The first kappa shape index (κ1) is 11.7. The van der Waals surface area contributed by atoms with Crippen LogP contribution in [0.4, 0.5) is 0 Å². The van der Waals surface area contributed by atoms with Crippen LogP contribution in [0.5, 0.6) is 0 Å². The van der Waals surface area contributed by atoms with Crippen LogP contribution in [0.1, 0.15) is 12.8 Å². The number of nitrogens with zero attached hydrogens (tertiary/aromatic N) is 1. The lowest BCUT2D eigenvalue weighted by Gasteiger charge is -2.27. The SMILES string of the molecule is O=C(O)C1=CCCC(CN2CCSCC2)=C1. The quantitative estimate of drug-likeness (QED) is 0.815. The molecule has 4 heteroatoms. The Labute approximate surface area is 100 Å². The van der Waals surface area contributed by atoms with E-state index in [0.29, 0.717) is 5.57 Å². The Morgan fingerprint density at radius 2 is 2.19 bits per heavy atom. The monoisotopic (exact) mass is 239 g/mol. The van der Waals surface area contributed by atoms with Gasteiger partial charge in [0.2, 0.25) is 0 Å². The fourth-order valence-corrected chi connectivity index (χ4v) is 3.06. The molecule has 1 aliphatic carbocycles. The first-order chi connectivity index (χ1) is 7.75. The number of rotatable bonds is 3. The fourth-order valence-electron chi connectivity index (χ4n) is 2.08. The van der Waals surface area contributed by atoms with E-state index >= 15 is 0 Å². The molecule has 2 rings (SSSR count). The molecule has 1 N–H and O–H groups in total. The number of hydrogen-bond acceptors (Lipinski definition) is 3. The van der Waals surface area contributed by atoms with E-state index in [-0.39, 0.29) is 0 Å². The smallest absolute Gasteiger partial charge is 0.335 e. The maximum atomic E-state index is 10.9. The van der Waals surface area contributed by atoms with E-state index in [9.17, 15) is 4.79 Å². The summed E-state index contributed by atoms with van der Waals surface area (Å²) in [5.74, 6) is 1.61. The molecular formula is C12H17NO2S. The van der Waals surface area contributed by atoms with Crippen LogP contribution in [0.25, 0.3) is 0 Å². The largest absolute Gasteiger partial charge is 0.478 e. The molecule has 0 atom stereocenters. The van der Waals surface area contributed by atoms with Crippen molar-refractivity contribution in [3.63, 3.8) is 0 Å². The number of allylic oxidation sites excluding steroid dienone is 1. The molecule has 3 nitrogen and oxygen atoms in total. The van der Waals surface area contributed by atoms with Gasteiger partial charge in [0.15, 0.2) is 0 Å². The number of carboxylic acid groups (broad SMARTS) is 1. The molecule has 2 aliphatic rings. The molecule has 0 spiro atoms. The molecule has 0 aromatic heterocycles.